The normalized spacial score (nSPS) is 11.4. The summed E-state index contributed by atoms with van der Waals surface area (Å²) in [6.45, 7) is 0.424. The number of aromatic nitrogens is 4. The number of thioether (sulfide) groups is 1. The van der Waals surface area contributed by atoms with Crippen LogP contribution in [0.3, 0.4) is 0 Å². The second-order valence-electron chi connectivity index (χ2n) is 6.18. The monoisotopic (exact) mass is 424 g/mol. The molecule has 0 amide bonds. The molecule has 0 N–H and O–H groups in total. The summed E-state index contributed by atoms with van der Waals surface area (Å²) in [6.07, 6.45) is 3.82. The maximum Gasteiger partial charge on any atom is 0.248 e. The predicted octanol–water partition coefficient (Wildman–Crippen LogP) is 4.91. The summed E-state index contributed by atoms with van der Waals surface area (Å²) in [7, 11) is 1.65. The molecule has 5 aromatic rings. The van der Waals surface area contributed by atoms with Crippen molar-refractivity contribution >= 4 is 39.2 Å². The van der Waals surface area contributed by atoms with E-state index in [4.69, 9.17) is 13.9 Å². The summed E-state index contributed by atoms with van der Waals surface area (Å²) >= 11 is 3.13. The molecule has 0 radical (unpaired) electrons. The molecule has 0 spiro atoms. The Kier molecular flexibility index (Phi) is 4.61. The number of hydrogen-bond acceptors (Lipinski definition) is 8. The summed E-state index contributed by atoms with van der Waals surface area (Å²) in [5, 5.41) is 4.46. The fourth-order valence-corrected chi connectivity index (χ4v) is 4.24. The van der Waals surface area contributed by atoms with E-state index in [1.807, 2.05) is 54.9 Å². The van der Waals surface area contributed by atoms with Gasteiger partial charge in [0, 0.05) is 0 Å². The first-order chi connectivity index (χ1) is 14.2. The van der Waals surface area contributed by atoms with Gasteiger partial charge in [0.2, 0.25) is 10.9 Å². The highest BCUT2D eigenvalue weighted by Gasteiger charge is 2.17. The summed E-state index contributed by atoms with van der Waals surface area (Å²) in [6, 6.07) is 13.4. The van der Waals surface area contributed by atoms with Crippen LogP contribution in [0.15, 0.2) is 57.4 Å². The van der Waals surface area contributed by atoms with Crippen LogP contribution >= 0.6 is 23.1 Å². The highest BCUT2D eigenvalue weighted by Crippen LogP contribution is 2.31. The smallest absolute Gasteiger partial charge is 0.248 e. The van der Waals surface area contributed by atoms with Crippen LogP contribution < -0.4 is 9.47 Å². The molecule has 5 rings (SSSR count). The van der Waals surface area contributed by atoms with Crippen LogP contribution in [0.25, 0.3) is 27.6 Å². The molecular formula is C20H16N4O3S2. The van der Waals surface area contributed by atoms with E-state index in [0.717, 1.165) is 20.6 Å². The molecule has 3 aromatic heterocycles. The van der Waals surface area contributed by atoms with Gasteiger partial charge in [-0.05, 0) is 36.1 Å². The molecule has 0 saturated carbocycles. The average Bonchev–Trinajstić information content (AvgIpc) is 3.44. The van der Waals surface area contributed by atoms with Crippen molar-refractivity contribution in [1.29, 1.82) is 0 Å². The van der Waals surface area contributed by atoms with E-state index >= 15 is 0 Å². The zero-order valence-corrected chi connectivity index (χ0v) is 17.3. The molecule has 9 heteroatoms. The number of oxazole rings is 1. The van der Waals surface area contributed by atoms with E-state index in [0.29, 0.717) is 35.0 Å². The Morgan fingerprint density at radius 3 is 2.76 bits per heavy atom. The number of para-hydroxylation sites is 1. The summed E-state index contributed by atoms with van der Waals surface area (Å²) in [4.78, 5) is 10.0. The van der Waals surface area contributed by atoms with Gasteiger partial charge in [-0.25, -0.2) is 14.5 Å². The van der Waals surface area contributed by atoms with Gasteiger partial charge >= 0.3 is 0 Å². The molecule has 0 aliphatic carbocycles. The van der Waals surface area contributed by atoms with Crippen LogP contribution in [-0.2, 0) is 6.61 Å². The van der Waals surface area contributed by atoms with Crippen molar-refractivity contribution in [2.75, 3.05) is 13.4 Å². The Bertz CT molecular complexity index is 1260. The van der Waals surface area contributed by atoms with Crippen molar-refractivity contribution in [3.8, 4) is 23.1 Å². The molecule has 2 aromatic carbocycles. The standard InChI is InChI=1S/C20H16N4O3S2/c1-25-13-8-6-12(7-9-13)11-26-15-4-3-5-16-17(15)22-18(27-16)14-10-24-19(21-14)29-20(23-24)28-2/h3-10H,11H2,1-2H3. The highest BCUT2D eigenvalue weighted by molar-refractivity contribution is 8.00. The zero-order valence-electron chi connectivity index (χ0n) is 15.7. The van der Waals surface area contributed by atoms with Crippen molar-refractivity contribution < 1.29 is 13.9 Å². The Morgan fingerprint density at radius 1 is 1.14 bits per heavy atom. The minimum atomic E-state index is 0.424. The molecule has 146 valence electrons. The lowest BCUT2D eigenvalue weighted by Crippen LogP contribution is -1.96. The molecule has 0 bridgehead atoms. The zero-order chi connectivity index (χ0) is 19.8. The van der Waals surface area contributed by atoms with E-state index in [9.17, 15) is 0 Å². The maximum atomic E-state index is 6.00. The maximum absolute atomic E-state index is 6.00. The van der Waals surface area contributed by atoms with E-state index in [-0.39, 0.29) is 0 Å². The van der Waals surface area contributed by atoms with Crippen molar-refractivity contribution in [1.82, 2.24) is 19.6 Å². The second kappa shape index (κ2) is 7.41. The number of methoxy groups -OCH3 is 1. The Morgan fingerprint density at radius 2 is 2.00 bits per heavy atom. The van der Waals surface area contributed by atoms with E-state index in [1.54, 1.807) is 23.4 Å². The van der Waals surface area contributed by atoms with Crippen molar-refractivity contribution in [3.05, 3.63) is 54.2 Å². The first kappa shape index (κ1) is 18.0. The fraction of sp³-hybridized carbons (Fsp3) is 0.150. The van der Waals surface area contributed by atoms with Gasteiger partial charge in [-0.3, -0.25) is 0 Å². The third-order valence-electron chi connectivity index (χ3n) is 4.35. The number of benzene rings is 2. The summed E-state index contributed by atoms with van der Waals surface area (Å²) < 4.78 is 19.8. The van der Waals surface area contributed by atoms with Gasteiger partial charge in [-0.15, -0.1) is 5.10 Å². The number of ether oxygens (including phenoxy) is 2. The SMILES string of the molecule is COc1ccc(COc2cccc3oc(-c4cn5nc(SC)sc5n4)nc23)cc1. The van der Waals surface area contributed by atoms with Crippen LogP contribution in [0.5, 0.6) is 11.5 Å². The minimum Gasteiger partial charge on any atom is -0.497 e. The van der Waals surface area contributed by atoms with Gasteiger partial charge in [-0.2, -0.15) is 0 Å². The number of hydrogen-bond donors (Lipinski definition) is 0. The summed E-state index contributed by atoms with van der Waals surface area (Å²) in [5.74, 6) is 1.93. The van der Waals surface area contributed by atoms with Gasteiger partial charge in [0.1, 0.15) is 23.8 Å². The molecule has 29 heavy (non-hydrogen) atoms. The van der Waals surface area contributed by atoms with Gasteiger partial charge in [-0.1, -0.05) is 41.3 Å². The average molecular weight is 425 g/mol. The molecule has 7 nitrogen and oxygen atoms in total. The molecule has 0 saturated heterocycles. The van der Waals surface area contributed by atoms with E-state index in [2.05, 4.69) is 15.1 Å². The molecule has 0 unspecified atom stereocenters. The lowest BCUT2D eigenvalue weighted by atomic mass is 10.2. The molecule has 0 fully saturated rings. The van der Waals surface area contributed by atoms with E-state index in [1.165, 1.54) is 11.3 Å². The number of nitrogens with zero attached hydrogens (tertiary/aromatic N) is 4. The molecule has 3 heterocycles. The van der Waals surface area contributed by atoms with Crippen LogP contribution in [0.1, 0.15) is 5.56 Å². The highest BCUT2D eigenvalue weighted by atomic mass is 32.2. The van der Waals surface area contributed by atoms with Crippen molar-refractivity contribution in [2.45, 2.75) is 10.9 Å². The van der Waals surface area contributed by atoms with Crippen LogP contribution in [0.2, 0.25) is 0 Å². The third kappa shape index (κ3) is 3.43. The predicted molar refractivity (Wildman–Crippen MR) is 113 cm³/mol. The fourth-order valence-electron chi connectivity index (χ4n) is 2.90. The van der Waals surface area contributed by atoms with Gasteiger partial charge in [0.15, 0.2) is 15.4 Å². The Hall–Kier alpha value is -3.04. The van der Waals surface area contributed by atoms with Gasteiger partial charge < -0.3 is 13.9 Å². The lowest BCUT2D eigenvalue weighted by Gasteiger charge is -2.07. The molecule has 0 aliphatic rings. The topological polar surface area (TPSA) is 74.7 Å². The van der Waals surface area contributed by atoms with Crippen LogP contribution in [-0.4, -0.2) is 32.9 Å². The summed E-state index contributed by atoms with van der Waals surface area (Å²) in [5.41, 5.74) is 3.01. The number of imidazole rings is 1. The second-order valence-corrected chi connectivity index (χ2v) is 8.19. The first-order valence-corrected chi connectivity index (χ1v) is 10.8. The van der Waals surface area contributed by atoms with Crippen LogP contribution in [0, 0.1) is 0 Å². The minimum absolute atomic E-state index is 0.424. The lowest BCUT2D eigenvalue weighted by molar-refractivity contribution is 0.309. The van der Waals surface area contributed by atoms with Crippen LogP contribution in [0.4, 0.5) is 0 Å². The number of rotatable bonds is 6. The molecule has 0 aliphatic heterocycles. The largest absolute Gasteiger partial charge is 0.497 e. The molecule has 0 atom stereocenters. The van der Waals surface area contributed by atoms with Crippen molar-refractivity contribution in [3.63, 3.8) is 0 Å². The van der Waals surface area contributed by atoms with Gasteiger partial charge in [0.25, 0.3) is 0 Å². The third-order valence-corrected chi connectivity index (χ3v) is 6.25. The Balaban J connectivity index is 1.42. The first-order valence-electron chi connectivity index (χ1n) is 8.79. The Labute approximate surface area is 174 Å². The quantitative estimate of drug-likeness (QED) is 0.359. The van der Waals surface area contributed by atoms with E-state index < -0.39 is 0 Å². The molecular weight excluding hydrogens is 408 g/mol. The van der Waals surface area contributed by atoms with Gasteiger partial charge in [0.05, 0.1) is 13.3 Å². The number of fused-ring (bicyclic) bond motifs is 2. The van der Waals surface area contributed by atoms with Crippen molar-refractivity contribution in [2.24, 2.45) is 0 Å².